The van der Waals surface area contributed by atoms with Gasteiger partial charge in [-0.2, -0.15) is 0 Å². The zero-order valence-corrected chi connectivity index (χ0v) is 21.0. The maximum Gasteiger partial charge on any atom is 0.330 e. The lowest BCUT2D eigenvalue weighted by Gasteiger charge is -2.38. The molecule has 6 heteroatoms. The van der Waals surface area contributed by atoms with Gasteiger partial charge >= 0.3 is 11.9 Å². The largest absolute Gasteiger partial charge is 0.459 e. The van der Waals surface area contributed by atoms with Crippen molar-refractivity contribution >= 4 is 11.9 Å². The van der Waals surface area contributed by atoms with Crippen LogP contribution in [-0.4, -0.2) is 30.9 Å². The Morgan fingerprint density at radius 1 is 1.03 bits per heavy atom. The first-order valence-corrected chi connectivity index (χ1v) is 12.5. The maximum absolute atomic E-state index is 11.3. The van der Waals surface area contributed by atoms with Gasteiger partial charge in [-0.15, -0.1) is 0 Å². The highest BCUT2D eigenvalue weighted by Gasteiger charge is 2.62. The van der Waals surface area contributed by atoms with Crippen molar-refractivity contribution in [3.63, 3.8) is 0 Å². The topological polar surface area (TPSA) is 71.1 Å². The minimum absolute atomic E-state index is 0.0829. The lowest BCUT2D eigenvalue weighted by atomic mass is 9.70. The van der Waals surface area contributed by atoms with E-state index in [0.717, 1.165) is 62.5 Å². The van der Waals surface area contributed by atoms with E-state index in [0.29, 0.717) is 11.3 Å². The van der Waals surface area contributed by atoms with Crippen LogP contribution >= 0.6 is 0 Å². The zero-order valence-electron chi connectivity index (χ0n) is 21.0. The Morgan fingerprint density at radius 2 is 1.62 bits per heavy atom. The number of hydrogen-bond donors (Lipinski definition) is 0. The van der Waals surface area contributed by atoms with Crippen LogP contribution in [0.2, 0.25) is 0 Å². The van der Waals surface area contributed by atoms with Gasteiger partial charge in [0, 0.05) is 30.4 Å². The molecule has 0 aromatic rings. The Balaban J connectivity index is 0.000000196. The van der Waals surface area contributed by atoms with Crippen molar-refractivity contribution in [3.05, 3.63) is 49.0 Å². The number of hydrogen-bond acceptors (Lipinski definition) is 6. The van der Waals surface area contributed by atoms with Crippen LogP contribution in [0, 0.1) is 16.7 Å². The summed E-state index contributed by atoms with van der Waals surface area (Å²) in [5, 5.41) is 0. The van der Waals surface area contributed by atoms with Crippen LogP contribution in [0.15, 0.2) is 49.0 Å². The molecule has 3 unspecified atom stereocenters. The highest BCUT2D eigenvalue weighted by atomic mass is 16.7. The fourth-order valence-corrected chi connectivity index (χ4v) is 5.63. The van der Waals surface area contributed by atoms with Gasteiger partial charge < -0.3 is 18.9 Å². The highest BCUT2D eigenvalue weighted by molar-refractivity contribution is 5.81. The molecule has 2 fully saturated rings. The van der Waals surface area contributed by atoms with Crippen LogP contribution in [0.25, 0.3) is 0 Å². The van der Waals surface area contributed by atoms with E-state index in [-0.39, 0.29) is 24.1 Å². The van der Waals surface area contributed by atoms with E-state index < -0.39 is 12.3 Å². The predicted molar refractivity (Wildman–Crippen MR) is 130 cm³/mol. The summed E-state index contributed by atoms with van der Waals surface area (Å²) in [6, 6.07) is 0. The van der Waals surface area contributed by atoms with Crippen LogP contribution in [0.3, 0.4) is 0 Å². The van der Waals surface area contributed by atoms with E-state index in [1.807, 2.05) is 0 Å². The van der Waals surface area contributed by atoms with Crippen molar-refractivity contribution in [1.29, 1.82) is 0 Å². The monoisotopic (exact) mass is 472 g/mol. The number of carbonyl (C=O) groups excluding carboxylic acids is 2. The van der Waals surface area contributed by atoms with E-state index in [1.165, 1.54) is 18.9 Å². The molecule has 0 N–H and O–H groups in total. The molecular weight excluding hydrogens is 432 g/mol. The first-order chi connectivity index (χ1) is 16.2. The summed E-state index contributed by atoms with van der Waals surface area (Å²) in [6.45, 7) is 13.8. The van der Waals surface area contributed by atoms with Gasteiger partial charge in [-0.3, -0.25) is 0 Å². The number of esters is 2. The third-order valence-corrected chi connectivity index (χ3v) is 8.23. The molecule has 3 atom stereocenters. The second-order valence-corrected chi connectivity index (χ2v) is 10.4. The highest BCUT2D eigenvalue weighted by Crippen LogP contribution is 2.66. The molecule has 6 nitrogen and oxygen atoms in total. The molecular formula is C28H40O6. The molecule has 4 rings (SSSR count). The fourth-order valence-electron chi connectivity index (χ4n) is 5.63. The number of carbonyl (C=O) groups is 2. The molecule has 0 aromatic heterocycles. The molecule has 0 amide bonds. The maximum atomic E-state index is 11.3. The van der Waals surface area contributed by atoms with Crippen LogP contribution in [0.5, 0.6) is 0 Å². The summed E-state index contributed by atoms with van der Waals surface area (Å²) in [6.07, 6.45) is 15.7. The second-order valence-electron chi connectivity index (χ2n) is 10.4. The van der Waals surface area contributed by atoms with Gasteiger partial charge in [0.25, 0.3) is 6.29 Å². The van der Waals surface area contributed by atoms with Gasteiger partial charge in [-0.05, 0) is 68.4 Å². The smallest absolute Gasteiger partial charge is 0.330 e. The Hall–Kier alpha value is -2.50. The third kappa shape index (κ3) is 5.94. The minimum Gasteiger partial charge on any atom is -0.459 e. The van der Waals surface area contributed by atoms with E-state index in [2.05, 4.69) is 46.1 Å². The Labute approximate surface area is 204 Å². The zero-order chi connectivity index (χ0) is 24.8. The lowest BCUT2D eigenvalue weighted by molar-refractivity contribution is -0.158. The normalized spacial score (nSPS) is 28.4. The number of ether oxygens (including phenoxy) is 4. The van der Waals surface area contributed by atoms with Crippen molar-refractivity contribution in [1.82, 2.24) is 0 Å². The van der Waals surface area contributed by atoms with Gasteiger partial charge in [0.05, 0.1) is 11.5 Å². The standard InChI is InChI=1S/C15H20O4.C13H20O2/c1-2-14(16)17-11-15(18-12-7-3-4-8-12)19-13-9-5-6-10-13;1-5-11(14)15-10-8-9-6-7-13(10,4)12(9,2)3/h2,7,9,15H,1,3-6,8,10-11H2;5,9-10H,1,6-8H2,2-4H3. The van der Waals surface area contributed by atoms with Gasteiger partial charge in [0.15, 0.2) is 6.61 Å². The lowest BCUT2D eigenvalue weighted by Crippen LogP contribution is -2.38. The van der Waals surface area contributed by atoms with Gasteiger partial charge in [-0.25, -0.2) is 9.59 Å². The molecule has 4 aliphatic carbocycles. The number of rotatable bonds is 9. The average Bonchev–Trinajstić information content (AvgIpc) is 3.59. The Kier molecular flexibility index (Phi) is 8.67. The van der Waals surface area contributed by atoms with Gasteiger partial charge in [0.1, 0.15) is 6.10 Å². The van der Waals surface area contributed by atoms with Crippen LogP contribution in [-0.2, 0) is 28.5 Å². The van der Waals surface area contributed by atoms with Gasteiger partial charge in [0.2, 0.25) is 0 Å². The molecule has 2 saturated carbocycles. The summed E-state index contributed by atoms with van der Waals surface area (Å²) in [5.41, 5.74) is 0.468. The van der Waals surface area contributed by atoms with Crippen molar-refractivity contribution < 1.29 is 28.5 Å². The Morgan fingerprint density at radius 3 is 2.03 bits per heavy atom. The van der Waals surface area contributed by atoms with E-state index in [1.54, 1.807) is 0 Å². The van der Waals surface area contributed by atoms with Crippen molar-refractivity contribution in [2.75, 3.05) is 6.61 Å². The first kappa shape index (κ1) is 26.1. The fraction of sp³-hybridized carbons (Fsp3) is 0.643. The molecule has 0 aliphatic heterocycles. The van der Waals surface area contributed by atoms with E-state index in [9.17, 15) is 9.59 Å². The molecule has 34 heavy (non-hydrogen) atoms. The molecule has 0 radical (unpaired) electrons. The molecule has 0 spiro atoms. The van der Waals surface area contributed by atoms with Crippen LogP contribution < -0.4 is 0 Å². The summed E-state index contributed by atoms with van der Waals surface area (Å²) >= 11 is 0. The second kappa shape index (κ2) is 11.3. The van der Waals surface area contributed by atoms with Crippen LogP contribution in [0.4, 0.5) is 0 Å². The first-order valence-electron chi connectivity index (χ1n) is 12.5. The molecule has 2 bridgehead atoms. The van der Waals surface area contributed by atoms with E-state index in [4.69, 9.17) is 18.9 Å². The number of allylic oxidation sites excluding steroid dienone is 4. The van der Waals surface area contributed by atoms with E-state index >= 15 is 0 Å². The average molecular weight is 473 g/mol. The van der Waals surface area contributed by atoms with Crippen molar-refractivity contribution in [2.24, 2.45) is 16.7 Å². The molecule has 0 heterocycles. The van der Waals surface area contributed by atoms with Crippen LogP contribution in [0.1, 0.15) is 78.6 Å². The summed E-state index contributed by atoms with van der Waals surface area (Å²) in [4.78, 5) is 22.4. The molecule has 188 valence electrons. The van der Waals surface area contributed by atoms with Crippen molar-refractivity contribution in [2.45, 2.75) is 91.0 Å². The summed E-state index contributed by atoms with van der Waals surface area (Å²) in [5.74, 6) is 1.84. The summed E-state index contributed by atoms with van der Waals surface area (Å²) in [7, 11) is 0. The van der Waals surface area contributed by atoms with Crippen molar-refractivity contribution in [3.8, 4) is 0 Å². The number of fused-ring (bicyclic) bond motifs is 2. The molecule has 0 aromatic carbocycles. The van der Waals surface area contributed by atoms with Gasteiger partial charge in [-0.1, -0.05) is 33.9 Å². The molecule has 0 saturated heterocycles. The minimum atomic E-state index is -0.558. The predicted octanol–water partition coefficient (Wildman–Crippen LogP) is 6.14. The quantitative estimate of drug-likeness (QED) is 0.228. The summed E-state index contributed by atoms with van der Waals surface area (Å²) < 4.78 is 22.0. The molecule has 4 aliphatic rings. The SMILES string of the molecule is C=CC(=O)OC1CC2CCC1(C)C2(C)C.C=CC(=O)OCC(OC1=CCCC1)OC1=CCCC1. The third-order valence-electron chi connectivity index (χ3n) is 8.23. The Bertz CT molecular complexity index is 812.